The summed E-state index contributed by atoms with van der Waals surface area (Å²) in [6.45, 7) is 1.66. The van der Waals surface area contributed by atoms with E-state index < -0.39 is 5.97 Å². The first-order chi connectivity index (χ1) is 9.65. The van der Waals surface area contributed by atoms with Crippen LogP contribution in [0.15, 0.2) is 30.3 Å². The number of carbonyl (C=O) groups excluding carboxylic acids is 1. The number of rotatable bonds is 7. The summed E-state index contributed by atoms with van der Waals surface area (Å²) in [5.41, 5.74) is 0. The third-order valence-electron chi connectivity index (χ3n) is 3.32. The number of ether oxygens (including phenoxy) is 1. The summed E-state index contributed by atoms with van der Waals surface area (Å²) in [7, 11) is 0. The summed E-state index contributed by atoms with van der Waals surface area (Å²) in [6, 6.07) is 9.50. The van der Waals surface area contributed by atoms with Crippen LogP contribution in [0.5, 0.6) is 5.75 Å². The van der Waals surface area contributed by atoms with E-state index >= 15 is 0 Å². The van der Waals surface area contributed by atoms with Crippen LogP contribution in [0.1, 0.15) is 19.3 Å². The van der Waals surface area contributed by atoms with E-state index in [0.717, 1.165) is 5.75 Å². The Labute approximate surface area is 118 Å². The van der Waals surface area contributed by atoms with E-state index in [-0.39, 0.29) is 18.2 Å². The lowest BCUT2D eigenvalue weighted by Gasteiger charge is -2.38. The molecule has 0 saturated carbocycles. The van der Waals surface area contributed by atoms with Crippen LogP contribution in [0.3, 0.4) is 0 Å². The van der Waals surface area contributed by atoms with Gasteiger partial charge in [-0.25, -0.2) is 0 Å². The lowest BCUT2D eigenvalue weighted by Crippen LogP contribution is -2.50. The first-order valence-corrected chi connectivity index (χ1v) is 6.82. The van der Waals surface area contributed by atoms with Crippen LogP contribution in [0.2, 0.25) is 0 Å². The summed E-state index contributed by atoms with van der Waals surface area (Å²) in [5, 5.41) is 8.64. The van der Waals surface area contributed by atoms with E-state index in [2.05, 4.69) is 0 Å². The highest BCUT2D eigenvalue weighted by Gasteiger charge is 2.31. The van der Waals surface area contributed by atoms with Crippen molar-refractivity contribution in [3.8, 4) is 5.75 Å². The number of carboxylic acid groups (broad SMARTS) is 1. The molecule has 0 spiro atoms. The van der Waals surface area contributed by atoms with Gasteiger partial charge in [-0.2, -0.15) is 0 Å². The van der Waals surface area contributed by atoms with Gasteiger partial charge in [0.05, 0.1) is 13.0 Å². The molecule has 1 aliphatic heterocycles. The summed E-state index contributed by atoms with van der Waals surface area (Å²) in [6.07, 6.45) is 1.28. The van der Waals surface area contributed by atoms with Gasteiger partial charge in [-0.1, -0.05) is 18.2 Å². The number of nitrogens with zero attached hydrogens (tertiary/aromatic N) is 1. The van der Waals surface area contributed by atoms with Gasteiger partial charge in [-0.3, -0.25) is 9.59 Å². The fourth-order valence-electron chi connectivity index (χ4n) is 2.24. The van der Waals surface area contributed by atoms with E-state index in [1.165, 1.54) is 0 Å². The molecule has 0 unspecified atom stereocenters. The molecule has 1 fully saturated rings. The molecular formula is C15H19NO4. The molecule has 0 bridgehead atoms. The number of carboxylic acids is 1. The van der Waals surface area contributed by atoms with Crippen molar-refractivity contribution in [2.75, 3.05) is 19.7 Å². The zero-order valence-electron chi connectivity index (χ0n) is 11.3. The van der Waals surface area contributed by atoms with Crippen LogP contribution in [-0.4, -0.2) is 41.6 Å². The summed E-state index contributed by atoms with van der Waals surface area (Å²) < 4.78 is 5.51. The number of benzene rings is 1. The summed E-state index contributed by atoms with van der Waals surface area (Å²) >= 11 is 0. The van der Waals surface area contributed by atoms with Gasteiger partial charge in [0.2, 0.25) is 5.91 Å². The minimum absolute atomic E-state index is 0.0864. The molecule has 1 heterocycles. The second-order valence-electron chi connectivity index (χ2n) is 5.03. The molecule has 1 aliphatic rings. The first kappa shape index (κ1) is 14.4. The van der Waals surface area contributed by atoms with Crippen molar-refractivity contribution in [2.24, 2.45) is 5.92 Å². The maximum absolute atomic E-state index is 11.8. The van der Waals surface area contributed by atoms with Crippen LogP contribution < -0.4 is 4.74 Å². The molecule has 20 heavy (non-hydrogen) atoms. The second-order valence-corrected chi connectivity index (χ2v) is 5.03. The van der Waals surface area contributed by atoms with Crippen LogP contribution in [-0.2, 0) is 9.59 Å². The topological polar surface area (TPSA) is 66.8 Å². The Morgan fingerprint density at radius 2 is 1.95 bits per heavy atom. The minimum Gasteiger partial charge on any atom is -0.494 e. The molecule has 108 valence electrons. The lowest BCUT2D eigenvalue weighted by molar-refractivity contribution is -0.145. The molecule has 1 amide bonds. The lowest BCUT2D eigenvalue weighted by atomic mass is 9.96. The molecule has 5 nitrogen and oxygen atoms in total. The van der Waals surface area contributed by atoms with Crippen LogP contribution in [0, 0.1) is 5.92 Å². The Morgan fingerprint density at radius 3 is 2.60 bits per heavy atom. The molecule has 0 aromatic heterocycles. The van der Waals surface area contributed by atoms with Gasteiger partial charge in [0.1, 0.15) is 5.75 Å². The summed E-state index contributed by atoms with van der Waals surface area (Å²) in [4.78, 5) is 24.0. The van der Waals surface area contributed by atoms with Crippen LogP contribution >= 0.6 is 0 Å². The number of para-hydroxylation sites is 1. The molecule has 0 radical (unpaired) electrons. The number of amides is 1. The Balaban J connectivity index is 1.56. The normalized spacial score (nSPS) is 14.7. The third-order valence-corrected chi connectivity index (χ3v) is 3.32. The van der Waals surface area contributed by atoms with Crippen molar-refractivity contribution in [2.45, 2.75) is 19.3 Å². The van der Waals surface area contributed by atoms with Crippen LogP contribution in [0.4, 0.5) is 0 Å². The van der Waals surface area contributed by atoms with Crippen molar-refractivity contribution in [1.82, 2.24) is 4.90 Å². The van der Waals surface area contributed by atoms with Crippen molar-refractivity contribution in [3.05, 3.63) is 30.3 Å². The standard InChI is InChI=1S/C15H19NO4/c17-14(16-10-12(11-16)9-15(18)19)7-4-8-20-13-5-2-1-3-6-13/h1-3,5-6,12H,4,7-11H2,(H,18,19). The number of likely N-dealkylation sites (tertiary alicyclic amines) is 1. The molecule has 1 aromatic carbocycles. The van der Waals surface area contributed by atoms with Crippen molar-refractivity contribution < 1.29 is 19.4 Å². The number of carbonyl (C=O) groups is 2. The fraction of sp³-hybridized carbons (Fsp3) is 0.467. The fourth-order valence-corrected chi connectivity index (χ4v) is 2.24. The predicted molar refractivity (Wildman–Crippen MR) is 73.5 cm³/mol. The molecule has 0 atom stereocenters. The van der Waals surface area contributed by atoms with Crippen LogP contribution in [0.25, 0.3) is 0 Å². The van der Waals surface area contributed by atoms with Gasteiger partial charge in [0.25, 0.3) is 0 Å². The monoisotopic (exact) mass is 277 g/mol. The van der Waals surface area contributed by atoms with Gasteiger partial charge in [-0.15, -0.1) is 0 Å². The number of hydrogen-bond donors (Lipinski definition) is 1. The number of aliphatic carboxylic acids is 1. The molecule has 1 N–H and O–H groups in total. The van der Waals surface area contributed by atoms with E-state index in [0.29, 0.717) is 32.5 Å². The quantitative estimate of drug-likeness (QED) is 0.771. The van der Waals surface area contributed by atoms with E-state index in [9.17, 15) is 9.59 Å². The maximum atomic E-state index is 11.8. The van der Waals surface area contributed by atoms with Crippen molar-refractivity contribution >= 4 is 11.9 Å². The average molecular weight is 277 g/mol. The molecular weight excluding hydrogens is 258 g/mol. The Bertz CT molecular complexity index is 454. The zero-order valence-corrected chi connectivity index (χ0v) is 11.3. The second kappa shape index (κ2) is 6.93. The van der Waals surface area contributed by atoms with Gasteiger partial charge in [0, 0.05) is 25.4 Å². The van der Waals surface area contributed by atoms with Gasteiger partial charge >= 0.3 is 5.97 Å². The van der Waals surface area contributed by atoms with Crippen molar-refractivity contribution in [1.29, 1.82) is 0 Å². The van der Waals surface area contributed by atoms with E-state index in [4.69, 9.17) is 9.84 Å². The Hall–Kier alpha value is -2.04. The Morgan fingerprint density at radius 1 is 1.25 bits per heavy atom. The molecule has 5 heteroatoms. The minimum atomic E-state index is -0.793. The highest BCUT2D eigenvalue weighted by Crippen LogP contribution is 2.20. The molecule has 2 rings (SSSR count). The Kier molecular flexibility index (Phi) is 4.98. The average Bonchev–Trinajstić information content (AvgIpc) is 2.39. The summed E-state index contributed by atoms with van der Waals surface area (Å²) in [5.74, 6) is 0.226. The van der Waals surface area contributed by atoms with E-state index in [1.807, 2.05) is 30.3 Å². The smallest absolute Gasteiger partial charge is 0.303 e. The molecule has 1 aromatic rings. The third kappa shape index (κ3) is 4.26. The zero-order chi connectivity index (χ0) is 14.4. The van der Waals surface area contributed by atoms with E-state index in [1.54, 1.807) is 4.90 Å². The first-order valence-electron chi connectivity index (χ1n) is 6.82. The SMILES string of the molecule is O=C(O)CC1CN(C(=O)CCCOc2ccccc2)C1. The van der Waals surface area contributed by atoms with Gasteiger partial charge in [-0.05, 0) is 18.6 Å². The predicted octanol–water partition coefficient (Wildman–Crippen LogP) is 1.78. The van der Waals surface area contributed by atoms with Gasteiger partial charge in [0.15, 0.2) is 0 Å². The molecule has 1 saturated heterocycles. The maximum Gasteiger partial charge on any atom is 0.303 e. The highest BCUT2D eigenvalue weighted by molar-refractivity contribution is 5.77. The van der Waals surface area contributed by atoms with Gasteiger partial charge < -0.3 is 14.7 Å². The molecule has 0 aliphatic carbocycles. The largest absolute Gasteiger partial charge is 0.494 e. The number of hydrogen-bond acceptors (Lipinski definition) is 3. The van der Waals surface area contributed by atoms with Crippen molar-refractivity contribution in [3.63, 3.8) is 0 Å². The highest BCUT2D eigenvalue weighted by atomic mass is 16.5.